The maximum atomic E-state index is 13.5. The van der Waals surface area contributed by atoms with E-state index in [2.05, 4.69) is 10.6 Å². The van der Waals surface area contributed by atoms with Crippen LogP contribution < -0.4 is 10.6 Å². The van der Waals surface area contributed by atoms with Gasteiger partial charge in [0.25, 0.3) is 11.8 Å². The molecule has 6 rings (SSSR count). The van der Waals surface area contributed by atoms with Crippen molar-refractivity contribution in [3.05, 3.63) is 149 Å². The minimum Gasteiger partial charge on any atom is -0.321 e. The summed E-state index contributed by atoms with van der Waals surface area (Å²) in [5, 5.41) is 8.19. The Morgan fingerprint density at radius 3 is 2.09 bits per heavy atom. The summed E-state index contributed by atoms with van der Waals surface area (Å²) in [6, 6.07) is 38.7. The molecule has 1 heterocycles. The molecule has 1 aromatic heterocycles. The SMILES string of the molecule is O=C(Nc1cccc(SCC(=O)n2c3ccccc3c3ccccc32)c1)/C(=C/c1cccc(Cl)c1)NC(=O)c1ccccc1. The zero-order valence-corrected chi connectivity index (χ0v) is 24.9. The molecule has 5 aromatic carbocycles. The molecule has 6 nitrogen and oxygen atoms in total. The molecule has 0 bridgehead atoms. The Hall–Kier alpha value is -5.11. The molecule has 2 amide bonds. The van der Waals surface area contributed by atoms with Crippen molar-refractivity contribution in [2.45, 2.75) is 4.90 Å². The van der Waals surface area contributed by atoms with Crippen molar-refractivity contribution in [2.24, 2.45) is 0 Å². The number of hydrogen-bond acceptors (Lipinski definition) is 4. The first-order valence-electron chi connectivity index (χ1n) is 13.9. The number of benzene rings is 5. The summed E-state index contributed by atoms with van der Waals surface area (Å²) in [6.07, 6.45) is 1.57. The molecule has 216 valence electrons. The number of nitrogens with zero attached hydrogens (tertiary/aromatic N) is 1. The number of rotatable bonds is 8. The van der Waals surface area contributed by atoms with Gasteiger partial charge in [0, 0.05) is 31.9 Å². The molecule has 0 unspecified atom stereocenters. The van der Waals surface area contributed by atoms with E-state index in [4.69, 9.17) is 11.6 Å². The maximum absolute atomic E-state index is 13.5. The van der Waals surface area contributed by atoms with Crippen LogP contribution in [0.25, 0.3) is 27.9 Å². The van der Waals surface area contributed by atoms with E-state index in [1.54, 1.807) is 71.3 Å². The predicted molar refractivity (Wildman–Crippen MR) is 179 cm³/mol. The molecule has 0 spiro atoms. The lowest BCUT2D eigenvalue weighted by Crippen LogP contribution is -2.30. The van der Waals surface area contributed by atoms with Crippen molar-refractivity contribution in [3.8, 4) is 0 Å². The van der Waals surface area contributed by atoms with Gasteiger partial charge in [-0.1, -0.05) is 84.4 Å². The van der Waals surface area contributed by atoms with Gasteiger partial charge < -0.3 is 10.6 Å². The number of aromatic nitrogens is 1. The van der Waals surface area contributed by atoms with E-state index >= 15 is 0 Å². The molecule has 2 N–H and O–H groups in total. The van der Waals surface area contributed by atoms with Crippen molar-refractivity contribution in [3.63, 3.8) is 0 Å². The summed E-state index contributed by atoms with van der Waals surface area (Å²) in [7, 11) is 0. The second kappa shape index (κ2) is 13.0. The summed E-state index contributed by atoms with van der Waals surface area (Å²) in [5.41, 5.74) is 3.40. The Kier molecular flexibility index (Phi) is 8.59. The van der Waals surface area contributed by atoms with Crippen LogP contribution in [0, 0.1) is 0 Å². The van der Waals surface area contributed by atoms with E-state index in [-0.39, 0.29) is 17.4 Å². The molecule has 8 heteroatoms. The minimum atomic E-state index is -0.502. The van der Waals surface area contributed by atoms with Crippen LogP contribution in [0.4, 0.5) is 5.69 Å². The van der Waals surface area contributed by atoms with Gasteiger partial charge in [-0.15, -0.1) is 11.8 Å². The topological polar surface area (TPSA) is 80.2 Å². The highest BCUT2D eigenvalue weighted by molar-refractivity contribution is 8.00. The highest BCUT2D eigenvalue weighted by Gasteiger charge is 2.17. The molecule has 0 aliphatic carbocycles. The molecule has 0 radical (unpaired) electrons. The molecular formula is C36H26ClN3O3S. The minimum absolute atomic E-state index is 0.0443. The van der Waals surface area contributed by atoms with Gasteiger partial charge in [0.05, 0.1) is 16.8 Å². The highest BCUT2D eigenvalue weighted by atomic mass is 35.5. The first-order chi connectivity index (χ1) is 21.5. The van der Waals surface area contributed by atoms with Gasteiger partial charge in [-0.2, -0.15) is 0 Å². The number of carbonyl (C=O) groups excluding carboxylic acids is 3. The van der Waals surface area contributed by atoms with Crippen LogP contribution in [0.5, 0.6) is 0 Å². The van der Waals surface area contributed by atoms with Crippen LogP contribution in [0.3, 0.4) is 0 Å². The van der Waals surface area contributed by atoms with E-state index in [0.717, 1.165) is 26.7 Å². The Balaban J connectivity index is 1.20. The highest BCUT2D eigenvalue weighted by Crippen LogP contribution is 2.30. The number of anilines is 1. The lowest BCUT2D eigenvalue weighted by molar-refractivity contribution is -0.113. The number of carbonyl (C=O) groups is 3. The molecule has 0 fully saturated rings. The van der Waals surface area contributed by atoms with Gasteiger partial charge in [-0.3, -0.25) is 19.0 Å². The largest absolute Gasteiger partial charge is 0.321 e. The zero-order valence-electron chi connectivity index (χ0n) is 23.4. The second-order valence-electron chi connectivity index (χ2n) is 9.97. The van der Waals surface area contributed by atoms with Gasteiger partial charge in [0.1, 0.15) is 5.70 Å². The van der Waals surface area contributed by atoms with Crippen molar-refractivity contribution >= 4 is 74.7 Å². The average Bonchev–Trinajstić information content (AvgIpc) is 3.38. The van der Waals surface area contributed by atoms with Crippen molar-refractivity contribution in [1.82, 2.24) is 9.88 Å². The number of halogens is 1. The number of thioether (sulfide) groups is 1. The van der Waals surface area contributed by atoms with Crippen LogP contribution in [-0.4, -0.2) is 28.0 Å². The second-order valence-corrected chi connectivity index (χ2v) is 11.5. The molecule has 0 atom stereocenters. The van der Waals surface area contributed by atoms with Crippen LogP contribution in [-0.2, 0) is 4.79 Å². The van der Waals surface area contributed by atoms with E-state index in [0.29, 0.717) is 21.8 Å². The number of para-hydroxylation sites is 2. The monoisotopic (exact) mass is 615 g/mol. The number of amides is 2. The zero-order chi connectivity index (χ0) is 30.5. The van der Waals surface area contributed by atoms with Crippen LogP contribution in [0.2, 0.25) is 5.02 Å². The fraction of sp³-hybridized carbons (Fsp3) is 0.0278. The number of hydrogen-bond donors (Lipinski definition) is 2. The lowest BCUT2D eigenvalue weighted by atomic mass is 10.1. The Morgan fingerprint density at radius 2 is 1.39 bits per heavy atom. The van der Waals surface area contributed by atoms with Gasteiger partial charge in [0.2, 0.25) is 5.91 Å². The summed E-state index contributed by atoms with van der Waals surface area (Å²) in [6.45, 7) is 0. The molecule has 0 saturated carbocycles. The molecular weight excluding hydrogens is 590 g/mol. The van der Waals surface area contributed by atoms with E-state index < -0.39 is 11.8 Å². The summed E-state index contributed by atoms with van der Waals surface area (Å²) < 4.78 is 1.77. The van der Waals surface area contributed by atoms with E-state index in [1.807, 2.05) is 66.7 Å². The van der Waals surface area contributed by atoms with Gasteiger partial charge in [-0.25, -0.2) is 0 Å². The maximum Gasteiger partial charge on any atom is 0.272 e. The Bertz CT molecular complexity index is 2000. The lowest BCUT2D eigenvalue weighted by Gasteiger charge is -2.12. The summed E-state index contributed by atoms with van der Waals surface area (Å²) in [5.74, 6) is -0.760. The standard InChI is InChI=1S/C36H26ClN3O3S/c37-26-13-8-10-24(20-26)21-31(39-35(42)25-11-2-1-3-12-25)36(43)38-27-14-9-15-28(22-27)44-23-34(41)40-32-18-6-4-16-29(32)30-17-5-7-19-33(30)40/h1-22H,23H2,(H,38,43)(H,39,42)/b31-21-. The van der Waals surface area contributed by atoms with Crippen molar-refractivity contribution < 1.29 is 14.4 Å². The average molecular weight is 616 g/mol. The molecule has 44 heavy (non-hydrogen) atoms. The Morgan fingerprint density at radius 1 is 0.727 bits per heavy atom. The van der Waals surface area contributed by atoms with E-state index in [1.165, 1.54) is 11.8 Å². The van der Waals surface area contributed by atoms with Crippen molar-refractivity contribution in [2.75, 3.05) is 11.1 Å². The quantitative estimate of drug-likeness (QED) is 0.133. The molecule has 0 saturated heterocycles. The van der Waals surface area contributed by atoms with Gasteiger partial charge >= 0.3 is 0 Å². The van der Waals surface area contributed by atoms with Crippen LogP contribution in [0.15, 0.2) is 138 Å². The number of fused-ring (bicyclic) bond motifs is 3. The van der Waals surface area contributed by atoms with Gasteiger partial charge in [-0.05, 0) is 66.2 Å². The first kappa shape index (κ1) is 29.0. The van der Waals surface area contributed by atoms with Crippen LogP contribution in [0.1, 0.15) is 20.7 Å². The smallest absolute Gasteiger partial charge is 0.272 e. The molecule has 0 aliphatic heterocycles. The first-order valence-corrected chi connectivity index (χ1v) is 15.2. The third kappa shape index (κ3) is 6.44. The third-order valence-electron chi connectivity index (χ3n) is 6.97. The Labute approximate surface area is 263 Å². The third-order valence-corrected chi connectivity index (χ3v) is 8.19. The van der Waals surface area contributed by atoms with Crippen LogP contribution >= 0.6 is 23.4 Å². The molecule has 6 aromatic rings. The predicted octanol–water partition coefficient (Wildman–Crippen LogP) is 8.29. The number of nitrogens with one attached hydrogen (secondary N) is 2. The fourth-order valence-electron chi connectivity index (χ4n) is 4.97. The fourth-order valence-corrected chi connectivity index (χ4v) is 5.97. The summed E-state index contributed by atoms with van der Waals surface area (Å²) in [4.78, 5) is 40.7. The molecule has 0 aliphatic rings. The summed E-state index contributed by atoms with van der Waals surface area (Å²) >= 11 is 7.54. The van der Waals surface area contributed by atoms with Gasteiger partial charge in [0.15, 0.2) is 0 Å². The normalized spacial score (nSPS) is 11.4. The van der Waals surface area contributed by atoms with Crippen molar-refractivity contribution in [1.29, 1.82) is 0 Å². The van der Waals surface area contributed by atoms with E-state index in [9.17, 15) is 14.4 Å².